The van der Waals surface area contributed by atoms with Crippen LogP contribution in [0.15, 0.2) is 0 Å². The van der Waals surface area contributed by atoms with Crippen molar-refractivity contribution in [3.8, 4) is 0 Å². The molecule has 0 aliphatic heterocycles. The van der Waals surface area contributed by atoms with Gasteiger partial charge in [0, 0.05) is 20.1 Å². The van der Waals surface area contributed by atoms with E-state index in [4.69, 9.17) is 4.74 Å². The lowest BCUT2D eigenvalue weighted by Crippen LogP contribution is -2.32. The second-order valence-electron chi connectivity index (χ2n) is 2.76. The van der Waals surface area contributed by atoms with Crippen molar-refractivity contribution in [2.75, 3.05) is 20.9 Å². The van der Waals surface area contributed by atoms with Crippen molar-refractivity contribution in [3.05, 3.63) is 0 Å². The zero-order chi connectivity index (χ0) is 8.85. The van der Waals surface area contributed by atoms with E-state index in [0.29, 0.717) is 6.73 Å². The minimum Gasteiger partial charge on any atom is -0.364 e. The molecule has 0 fully saturated rings. The molecule has 1 atom stereocenters. The van der Waals surface area contributed by atoms with Gasteiger partial charge in [0.2, 0.25) is 5.91 Å². The number of ether oxygens (including phenoxy) is 1. The molecule has 0 rings (SSSR count). The second kappa shape index (κ2) is 5.13. The minimum absolute atomic E-state index is 0.107. The van der Waals surface area contributed by atoms with E-state index in [-0.39, 0.29) is 11.8 Å². The van der Waals surface area contributed by atoms with Crippen molar-refractivity contribution in [1.29, 1.82) is 0 Å². The molecular weight excluding hydrogens is 142 g/mol. The van der Waals surface area contributed by atoms with Crippen molar-refractivity contribution in [1.82, 2.24) is 4.90 Å². The largest absolute Gasteiger partial charge is 0.364 e. The molecule has 0 heterocycles. The molecule has 0 aliphatic carbocycles. The van der Waals surface area contributed by atoms with Crippen LogP contribution in [-0.4, -0.2) is 31.7 Å². The standard InChI is InChI=1S/C8H17NO2/c1-5-7(2)8(10)9(3)6-11-4/h7H,5-6H2,1-4H3. The monoisotopic (exact) mass is 159 g/mol. The third-order valence-corrected chi connectivity index (χ3v) is 1.73. The first kappa shape index (κ1) is 10.4. The summed E-state index contributed by atoms with van der Waals surface area (Å²) in [5.74, 6) is 0.254. The molecule has 0 saturated carbocycles. The third-order valence-electron chi connectivity index (χ3n) is 1.73. The van der Waals surface area contributed by atoms with Gasteiger partial charge in [-0.25, -0.2) is 0 Å². The maximum absolute atomic E-state index is 11.3. The molecular formula is C8H17NO2. The van der Waals surface area contributed by atoms with Gasteiger partial charge in [0.1, 0.15) is 6.73 Å². The molecule has 0 radical (unpaired) electrons. The van der Waals surface area contributed by atoms with Gasteiger partial charge in [0.15, 0.2) is 0 Å². The quantitative estimate of drug-likeness (QED) is 0.575. The Morgan fingerprint density at radius 3 is 2.55 bits per heavy atom. The number of hydrogen-bond acceptors (Lipinski definition) is 2. The lowest BCUT2D eigenvalue weighted by atomic mass is 10.1. The molecule has 66 valence electrons. The van der Waals surface area contributed by atoms with E-state index in [1.807, 2.05) is 13.8 Å². The van der Waals surface area contributed by atoms with Gasteiger partial charge in [0.25, 0.3) is 0 Å². The van der Waals surface area contributed by atoms with Crippen LogP contribution in [0.3, 0.4) is 0 Å². The molecule has 11 heavy (non-hydrogen) atoms. The van der Waals surface area contributed by atoms with E-state index in [2.05, 4.69) is 0 Å². The first-order chi connectivity index (χ1) is 5.13. The summed E-state index contributed by atoms with van der Waals surface area (Å²) in [7, 11) is 3.33. The molecule has 0 aromatic carbocycles. The van der Waals surface area contributed by atoms with Crippen molar-refractivity contribution in [2.45, 2.75) is 20.3 Å². The highest BCUT2D eigenvalue weighted by molar-refractivity contribution is 5.77. The van der Waals surface area contributed by atoms with Gasteiger partial charge in [-0.1, -0.05) is 13.8 Å². The first-order valence-corrected chi connectivity index (χ1v) is 3.87. The van der Waals surface area contributed by atoms with Gasteiger partial charge < -0.3 is 9.64 Å². The van der Waals surface area contributed by atoms with E-state index >= 15 is 0 Å². The van der Waals surface area contributed by atoms with Crippen molar-refractivity contribution in [2.24, 2.45) is 5.92 Å². The average Bonchev–Trinajstić information content (AvgIpc) is 2.02. The summed E-state index contributed by atoms with van der Waals surface area (Å²) in [5, 5.41) is 0. The van der Waals surface area contributed by atoms with Crippen molar-refractivity contribution in [3.63, 3.8) is 0 Å². The highest BCUT2D eigenvalue weighted by atomic mass is 16.5. The maximum atomic E-state index is 11.3. The van der Waals surface area contributed by atoms with Gasteiger partial charge in [-0.2, -0.15) is 0 Å². The number of hydrogen-bond donors (Lipinski definition) is 0. The molecule has 1 unspecified atom stereocenters. The van der Waals surface area contributed by atoms with E-state index in [1.54, 1.807) is 19.1 Å². The van der Waals surface area contributed by atoms with Crippen LogP contribution < -0.4 is 0 Å². The molecule has 0 N–H and O–H groups in total. The molecule has 3 nitrogen and oxygen atoms in total. The van der Waals surface area contributed by atoms with Crippen LogP contribution in [0.4, 0.5) is 0 Å². The van der Waals surface area contributed by atoms with E-state index in [0.717, 1.165) is 6.42 Å². The van der Waals surface area contributed by atoms with Crippen LogP contribution in [0.2, 0.25) is 0 Å². The van der Waals surface area contributed by atoms with Crippen molar-refractivity contribution >= 4 is 5.91 Å². The zero-order valence-corrected chi connectivity index (χ0v) is 7.76. The zero-order valence-electron chi connectivity index (χ0n) is 7.76. The lowest BCUT2D eigenvalue weighted by Gasteiger charge is -2.19. The highest BCUT2D eigenvalue weighted by Crippen LogP contribution is 2.04. The van der Waals surface area contributed by atoms with Crippen molar-refractivity contribution < 1.29 is 9.53 Å². The van der Waals surface area contributed by atoms with E-state index < -0.39 is 0 Å². The number of methoxy groups -OCH3 is 1. The van der Waals surface area contributed by atoms with Crippen LogP contribution in [-0.2, 0) is 9.53 Å². The molecule has 0 saturated heterocycles. The number of rotatable bonds is 4. The Morgan fingerprint density at radius 1 is 1.64 bits per heavy atom. The molecule has 0 aromatic rings. The SMILES string of the molecule is CCC(C)C(=O)N(C)COC. The summed E-state index contributed by atoms with van der Waals surface area (Å²) in [4.78, 5) is 12.9. The van der Waals surface area contributed by atoms with Gasteiger partial charge >= 0.3 is 0 Å². The molecule has 3 heteroatoms. The summed E-state index contributed by atoms with van der Waals surface area (Å²) < 4.78 is 4.82. The molecule has 0 spiro atoms. The second-order valence-corrected chi connectivity index (χ2v) is 2.76. The number of nitrogens with zero attached hydrogens (tertiary/aromatic N) is 1. The van der Waals surface area contributed by atoms with Crippen LogP contribution in [0.1, 0.15) is 20.3 Å². The number of carbonyl (C=O) groups excluding carboxylic acids is 1. The summed E-state index contributed by atoms with van der Waals surface area (Å²) in [5.41, 5.74) is 0. The summed E-state index contributed by atoms with van der Waals surface area (Å²) in [6.07, 6.45) is 0.882. The average molecular weight is 159 g/mol. The van der Waals surface area contributed by atoms with Gasteiger partial charge in [0.05, 0.1) is 0 Å². The number of carbonyl (C=O) groups is 1. The summed E-state index contributed by atoms with van der Waals surface area (Å²) >= 11 is 0. The third kappa shape index (κ3) is 3.37. The molecule has 1 amide bonds. The normalized spacial score (nSPS) is 12.7. The fourth-order valence-electron chi connectivity index (χ4n) is 0.808. The predicted octanol–water partition coefficient (Wildman–Crippen LogP) is 1.09. The number of amides is 1. The Hall–Kier alpha value is -0.570. The Morgan fingerprint density at radius 2 is 2.18 bits per heavy atom. The van der Waals surface area contributed by atoms with E-state index in [1.165, 1.54) is 0 Å². The highest BCUT2D eigenvalue weighted by Gasteiger charge is 2.14. The Bertz CT molecular complexity index is 125. The lowest BCUT2D eigenvalue weighted by molar-refractivity contribution is -0.137. The summed E-state index contributed by atoms with van der Waals surface area (Å²) in [6.45, 7) is 4.31. The van der Waals surface area contributed by atoms with Crippen LogP contribution in [0.5, 0.6) is 0 Å². The Kier molecular flexibility index (Phi) is 4.86. The van der Waals surface area contributed by atoms with Crippen LogP contribution >= 0.6 is 0 Å². The van der Waals surface area contributed by atoms with Gasteiger partial charge in [-0.3, -0.25) is 4.79 Å². The fraction of sp³-hybridized carbons (Fsp3) is 0.875. The Labute approximate surface area is 68.3 Å². The van der Waals surface area contributed by atoms with Crippen LogP contribution in [0, 0.1) is 5.92 Å². The van der Waals surface area contributed by atoms with Crippen LogP contribution in [0.25, 0.3) is 0 Å². The van der Waals surface area contributed by atoms with Gasteiger partial charge in [-0.15, -0.1) is 0 Å². The molecule has 0 bridgehead atoms. The van der Waals surface area contributed by atoms with E-state index in [9.17, 15) is 4.79 Å². The maximum Gasteiger partial charge on any atom is 0.226 e. The topological polar surface area (TPSA) is 29.5 Å². The first-order valence-electron chi connectivity index (χ1n) is 3.87. The summed E-state index contributed by atoms with van der Waals surface area (Å²) in [6, 6.07) is 0. The minimum atomic E-state index is 0.107. The smallest absolute Gasteiger partial charge is 0.226 e. The molecule has 0 aliphatic rings. The van der Waals surface area contributed by atoms with Gasteiger partial charge in [-0.05, 0) is 6.42 Å². The molecule has 0 aromatic heterocycles. The Balaban J connectivity index is 3.81. The fourth-order valence-corrected chi connectivity index (χ4v) is 0.808. The predicted molar refractivity (Wildman–Crippen MR) is 44.1 cm³/mol.